The van der Waals surface area contributed by atoms with Crippen molar-refractivity contribution in [1.29, 1.82) is 0 Å². The van der Waals surface area contributed by atoms with Gasteiger partial charge in [0.05, 0.1) is 0 Å². The number of nitrogens with two attached hydrogens (primary N) is 1. The van der Waals surface area contributed by atoms with Gasteiger partial charge in [-0.25, -0.2) is 0 Å². The molecule has 0 spiro atoms. The van der Waals surface area contributed by atoms with Crippen molar-refractivity contribution < 1.29 is 5.11 Å². The van der Waals surface area contributed by atoms with E-state index in [2.05, 4.69) is 20.8 Å². The lowest BCUT2D eigenvalue weighted by molar-refractivity contribution is 0.227. The molecular weight excluding hydrogens is 186 g/mol. The first-order chi connectivity index (χ1) is 6.98. The van der Waals surface area contributed by atoms with Crippen LogP contribution in [0.4, 0.5) is 0 Å². The highest BCUT2D eigenvalue weighted by Crippen LogP contribution is 2.30. The fourth-order valence-corrected chi connectivity index (χ4v) is 1.64. The summed E-state index contributed by atoms with van der Waals surface area (Å²) in [7, 11) is 0. The van der Waals surface area contributed by atoms with Crippen molar-refractivity contribution >= 4 is 0 Å². The van der Waals surface area contributed by atoms with Gasteiger partial charge in [-0.05, 0) is 42.0 Å². The maximum absolute atomic E-state index is 9.39. The summed E-state index contributed by atoms with van der Waals surface area (Å²) in [6.45, 7) is 7.24. The van der Waals surface area contributed by atoms with E-state index in [1.807, 2.05) is 18.2 Å². The molecule has 0 aliphatic heterocycles. The van der Waals surface area contributed by atoms with E-state index in [0.29, 0.717) is 18.2 Å². The summed E-state index contributed by atoms with van der Waals surface area (Å²) in [5, 5.41) is 9.39. The van der Waals surface area contributed by atoms with E-state index in [1.54, 1.807) is 6.07 Å². The van der Waals surface area contributed by atoms with Crippen molar-refractivity contribution in [2.24, 2.45) is 17.1 Å². The molecule has 1 aromatic carbocycles. The van der Waals surface area contributed by atoms with Crippen LogP contribution in [0, 0.1) is 11.3 Å². The summed E-state index contributed by atoms with van der Waals surface area (Å²) in [4.78, 5) is 0. The summed E-state index contributed by atoms with van der Waals surface area (Å²) >= 11 is 0. The van der Waals surface area contributed by atoms with Crippen LogP contribution in [0.15, 0.2) is 24.3 Å². The van der Waals surface area contributed by atoms with E-state index >= 15 is 0 Å². The highest BCUT2D eigenvalue weighted by atomic mass is 16.3. The molecule has 2 nitrogen and oxygen atoms in total. The van der Waals surface area contributed by atoms with Crippen molar-refractivity contribution in [3.05, 3.63) is 29.8 Å². The Morgan fingerprint density at radius 1 is 1.40 bits per heavy atom. The smallest absolute Gasteiger partial charge is 0.115 e. The number of benzene rings is 1. The third-order valence-corrected chi connectivity index (χ3v) is 3.38. The molecule has 2 heteroatoms. The number of aromatic hydroxyl groups is 1. The van der Waals surface area contributed by atoms with E-state index in [-0.39, 0.29) is 5.41 Å². The molecule has 0 radical (unpaired) electrons. The third kappa shape index (κ3) is 2.96. The lowest BCUT2D eigenvalue weighted by Crippen LogP contribution is -2.34. The molecule has 0 aliphatic carbocycles. The van der Waals surface area contributed by atoms with E-state index in [0.717, 1.165) is 12.0 Å². The SMILES string of the molecule is CC(C)C(C)(CN)Cc1cccc(O)c1. The minimum atomic E-state index is 0.105. The first kappa shape index (κ1) is 12.1. The highest BCUT2D eigenvalue weighted by molar-refractivity contribution is 5.28. The Balaban J connectivity index is 2.84. The molecule has 84 valence electrons. The molecule has 15 heavy (non-hydrogen) atoms. The Bertz CT molecular complexity index is 322. The largest absolute Gasteiger partial charge is 0.508 e. The Hall–Kier alpha value is -1.02. The molecule has 0 bridgehead atoms. The first-order valence-electron chi connectivity index (χ1n) is 5.46. The predicted octanol–water partition coefficient (Wildman–Crippen LogP) is 2.56. The van der Waals surface area contributed by atoms with Crippen molar-refractivity contribution in [3.63, 3.8) is 0 Å². The molecule has 1 atom stereocenters. The monoisotopic (exact) mass is 207 g/mol. The van der Waals surface area contributed by atoms with E-state index < -0.39 is 0 Å². The Morgan fingerprint density at radius 3 is 2.53 bits per heavy atom. The van der Waals surface area contributed by atoms with Crippen molar-refractivity contribution in [3.8, 4) is 5.75 Å². The molecule has 1 unspecified atom stereocenters. The van der Waals surface area contributed by atoms with Gasteiger partial charge in [-0.2, -0.15) is 0 Å². The van der Waals surface area contributed by atoms with Crippen LogP contribution in [0.3, 0.4) is 0 Å². The Labute approximate surface area is 92.1 Å². The zero-order valence-corrected chi connectivity index (χ0v) is 9.83. The standard InChI is InChI=1S/C13H21NO/c1-10(2)13(3,9-14)8-11-5-4-6-12(15)7-11/h4-7,10,15H,8-9,14H2,1-3H3. The van der Waals surface area contributed by atoms with Gasteiger partial charge in [-0.1, -0.05) is 32.9 Å². The van der Waals surface area contributed by atoms with Crippen LogP contribution in [0.1, 0.15) is 26.3 Å². The maximum atomic E-state index is 9.39. The second-order valence-corrected chi connectivity index (χ2v) is 4.86. The zero-order valence-electron chi connectivity index (χ0n) is 9.83. The molecule has 0 amide bonds. The fraction of sp³-hybridized carbons (Fsp3) is 0.538. The number of hydrogen-bond acceptors (Lipinski definition) is 2. The van der Waals surface area contributed by atoms with Gasteiger partial charge in [0, 0.05) is 0 Å². The van der Waals surface area contributed by atoms with Crippen molar-refractivity contribution in [2.45, 2.75) is 27.2 Å². The van der Waals surface area contributed by atoms with Gasteiger partial charge < -0.3 is 10.8 Å². The van der Waals surface area contributed by atoms with Gasteiger partial charge in [-0.3, -0.25) is 0 Å². The van der Waals surface area contributed by atoms with Crippen molar-refractivity contribution in [1.82, 2.24) is 0 Å². The first-order valence-corrected chi connectivity index (χ1v) is 5.46. The Kier molecular flexibility index (Phi) is 3.75. The van der Waals surface area contributed by atoms with Crippen molar-refractivity contribution in [2.75, 3.05) is 6.54 Å². The summed E-state index contributed by atoms with van der Waals surface area (Å²) in [6.07, 6.45) is 0.912. The zero-order chi connectivity index (χ0) is 11.5. The highest BCUT2D eigenvalue weighted by Gasteiger charge is 2.26. The molecule has 0 saturated carbocycles. The van der Waals surface area contributed by atoms with Gasteiger partial charge in [0.25, 0.3) is 0 Å². The van der Waals surface area contributed by atoms with Gasteiger partial charge in [0.1, 0.15) is 5.75 Å². The molecular formula is C13H21NO. The van der Waals surface area contributed by atoms with Crippen LogP contribution < -0.4 is 5.73 Å². The van der Waals surface area contributed by atoms with Crippen LogP contribution in [0.25, 0.3) is 0 Å². The molecule has 0 aliphatic rings. The molecule has 0 saturated heterocycles. The maximum Gasteiger partial charge on any atom is 0.115 e. The molecule has 0 fully saturated rings. The summed E-state index contributed by atoms with van der Waals surface area (Å²) in [5.74, 6) is 0.862. The normalized spacial score (nSPS) is 15.3. The summed E-state index contributed by atoms with van der Waals surface area (Å²) in [6, 6.07) is 7.42. The second kappa shape index (κ2) is 4.67. The van der Waals surface area contributed by atoms with Gasteiger partial charge in [0.15, 0.2) is 0 Å². The van der Waals surface area contributed by atoms with E-state index in [9.17, 15) is 5.11 Å². The quantitative estimate of drug-likeness (QED) is 0.797. The molecule has 1 aromatic rings. The van der Waals surface area contributed by atoms with E-state index in [4.69, 9.17) is 5.73 Å². The minimum Gasteiger partial charge on any atom is -0.508 e. The minimum absolute atomic E-state index is 0.105. The number of rotatable bonds is 4. The van der Waals surface area contributed by atoms with E-state index in [1.165, 1.54) is 0 Å². The lowest BCUT2D eigenvalue weighted by Gasteiger charge is -2.32. The topological polar surface area (TPSA) is 46.2 Å². The van der Waals surface area contributed by atoms with Crippen LogP contribution in [0.5, 0.6) is 5.75 Å². The van der Waals surface area contributed by atoms with Crippen LogP contribution in [-0.4, -0.2) is 11.7 Å². The Morgan fingerprint density at radius 2 is 2.07 bits per heavy atom. The fourth-order valence-electron chi connectivity index (χ4n) is 1.64. The van der Waals surface area contributed by atoms with Crippen LogP contribution >= 0.6 is 0 Å². The van der Waals surface area contributed by atoms with Crippen LogP contribution in [-0.2, 0) is 6.42 Å². The number of hydrogen-bond donors (Lipinski definition) is 2. The number of phenols is 1. The van der Waals surface area contributed by atoms with Gasteiger partial charge in [-0.15, -0.1) is 0 Å². The molecule has 1 rings (SSSR count). The predicted molar refractivity (Wildman–Crippen MR) is 63.8 cm³/mol. The lowest BCUT2D eigenvalue weighted by atomic mass is 9.74. The number of phenolic OH excluding ortho intramolecular Hbond substituents is 1. The molecule has 0 heterocycles. The average Bonchev–Trinajstić information content (AvgIpc) is 2.17. The second-order valence-electron chi connectivity index (χ2n) is 4.86. The van der Waals surface area contributed by atoms with Gasteiger partial charge in [0.2, 0.25) is 0 Å². The molecule has 0 aromatic heterocycles. The summed E-state index contributed by atoms with van der Waals surface area (Å²) < 4.78 is 0. The van der Waals surface area contributed by atoms with Crippen LogP contribution in [0.2, 0.25) is 0 Å². The third-order valence-electron chi connectivity index (χ3n) is 3.38. The average molecular weight is 207 g/mol. The molecule has 3 N–H and O–H groups in total. The van der Waals surface area contributed by atoms with Gasteiger partial charge >= 0.3 is 0 Å². The summed E-state index contributed by atoms with van der Waals surface area (Å²) in [5.41, 5.74) is 7.09.